The van der Waals surface area contributed by atoms with Crippen LogP contribution in [0.25, 0.3) is 11.1 Å². The van der Waals surface area contributed by atoms with E-state index in [1.54, 1.807) is 30.3 Å². The molecule has 0 radical (unpaired) electrons. The first-order chi connectivity index (χ1) is 10.7. The van der Waals surface area contributed by atoms with Gasteiger partial charge in [-0.2, -0.15) is 0 Å². The molecule has 6 heteroatoms. The number of hydrogen-bond acceptors (Lipinski definition) is 4. The number of fused-ring (bicyclic) bond motifs is 1. The SMILES string of the molecule is O=C(Cn1c(=O)oc2cc(CO)ccc21)Nc1ccccc1. The molecule has 0 aliphatic rings. The number of anilines is 1. The number of para-hydroxylation sites is 1. The molecular formula is C16H14N2O4. The van der Waals surface area contributed by atoms with Crippen LogP contribution in [0.2, 0.25) is 0 Å². The van der Waals surface area contributed by atoms with Crippen molar-refractivity contribution in [1.29, 1.82) is 0 Å². The second-order valence-corrected chi connectivity index (χ2v) is 4.83. The van der Waals surface area contributed by atoms with Gasteiger partial charge in [-0.25, -0.2) is 4.79 Å². The van der Waals surface area contributed by atoms with Crippen molar-refractivity contribution >= 4 is 22.7 Å². The van der Waals surface area contributed by atoms with Crippen LogP contribution in [0, 0.1) is 0 Å². The quantitative estimate of drug-likeness (QED) is 0.768. The molecule has 0 saturated carbocycles. The number of nitrogens with one attached hydrogen (secondary N) is 1. The number of oxazole rings is 1. The molecule has 6 nitrogen and oxygen atoms in total. The minimum absolute atomic E-state index is 0.140. The Morgan fingerprint density at radius 3 is 2.68 bits per heavy atom. The molecule has 0 unspecified atom stereocenters. The van der Waals surface area contributed by atoms with Gasteiger partial charge in [0.25, 0.3) is 0 Å². The zero-order valence-corrected chi connectivity index (χ0v) is 11.7. The number of rotatable bonds is 4. The van der Waals surface area contributed by atoms with Crippen molar-refractivity contribution in [2.45, 2.75) is 13.2 Å². The minimum Gasteiger partial charge on any atom is -0.408 e. The molecule has 0 fully saturated rings. The van der Waals surface area contributed by atoms with Crippen LogP contribution in [0.3, 0.4) is 0 Å². The highest BCUT2D eigenvalue weighted by Crippen LogP contribution is 2.15. The van der Waals surface area contributed by atoms with Crippen molar-refractivity contribution in [3.63, 3.8) is 0 Å². The van der Waals surface area contributed by atoms with Crippen molar-refractivity contribution in [3.8, 4) is 0 Å². The van der Waals surface area contributed by atoms with E-state index in [0.717, 1.165) is 0 Å². The maximum absolute atomic E-state index is 12.0. The summed E-state index contributed by atoms with van der Waals surface area (Å²) in [5, 5.41) is 11.8. The number of aliphatic hydroxyl groups is 1. The summed E-state index contributed by atoms with van der Waals surface area (Å²) in [5.41, 5.74) is 2.17. The number of hydrogen-bond donors (Lipinski definition) is 2. The number of amides is 1. The Morgan fingerprint density at radius 2 is 1.95 bits per heavy atom. The summed E-state index contributed by atoms with van der Waals surface area (Å²) >= 11 is 0. The van der Waals surface area contributed by atoms with E-state index in [9.17, 15) is 9.59 Å². The fraction of sp³-hybridized carbons (Fsp3) is 0.125. The van der Waals surface area contributed by atoms with E-state index in [1.165, 1.54) is 4.57 Å². The van der Waals surface area contributed by atoms with Crippen LogP contribution in [0.1, 0.15) is 5.56 Å². The van der Waals surface area contributed by atoms with E-state index in [-0.39, 0.29) is 19.1 Å². The lowest BCUT2D eigenvalue weighted by Crippen LogP contribution is -2.24. The molecule has 3 aromatic rings. The van der Waals surface area contributed by atoms with Gasteiger partial charge in [0.1, 0.15) is 6.54 Å². The first kappa shape index (κ1) is 14.1. The number of aliphatic hydroxyl groups excluding tert-OH is 1. The molecule has 2 aromatic carbocycles. The Bertz CT molecular complexity index is 865. The van der Waals surface area contributed by atoms with Crippen LogP contribution in [0.4, 0.5) is 5.69 Å². The minimum atomic E-state index is -0.603. The van der Waals surface area contributed by atoms with Crippen LogP contribution < -0.4 is 11.1 Å². The lowest BCUT2D eigenvalue weighted by atomic mass is 10.2. The second kappa shape index (κ2) is 5.87. The van der Waals surface area contributed by atoms with E-state index < -0.39 is 5.76 Å². The Kier molecular flexibility index (Phi) is 3.76. The summed E-state index contributed by atoms with van der Waals surface area (Å²) in [5.74, 6) is -0.921. The molecule has 22 heavy (non-hydrogen) atoms. The van der Waals surface area contributed by atoms with E-state index in [4.69, 9.17) is 9.52 Å². The van der Waals surface area contributed by atoms with Gasteiger partial charge in [0.15, 0.2) is 5.58 Å². The zero-order chi connectivity index (χ0) is 15.5. The molecule has 112 valence electrons. The number of nitrogens with zero attached hydrogens (tertiary/aromatic N) is 1. The molecule has 1 amide bonds. The first-order valence-corrected chi connectivity index (χ1v) is 6.75. The van der Waals surface area contributed by atoms with Crippen molar-refractivity contribution in [3.05, 3.63) is 64.6 Å². The molecule has 1 heterocycles. The average Bonchev–Trinajstić information content (AvgIpc) is 2.83. The fourth-order valence-electron chi connectivity index (χ4n) is 2.22. The van der Waals surface area contributed by atoms with Crippen LogP contribution >= 0.6 is 0 Å². The third kappa shape index (κ3) is 2.77. The maximum Gasteiger partial charge on any atom is 0.420 e. The summed E-state index contributed by atoms with van der Waals surface area (Å²) < 4.78 is 6.37. The van der Waals surface area contributed by atoms with E-state index in [1.807, 2.05) is 18.2 Å². The van der Waals surface area contributed by atoms with Gasteiger partial charge in [-0.1, -0.05) is 24.3 Å². The molecule has 0 spiro atoms. The van der Waals surface area contributed by atoms with Crippen LogP contribution in [0.15, 0.2) is 57.7 Å². The number of benzene rings is 2. The maximum atomic E-state index is 12.0. The number of carbonyl (C=O) groups excluding carboxylic acids is 1. The van der Waals surface area contributed by atoms with Gasteiger partial charge in [-0.3, -0.25) is 9.36 Å². The van der Waals surface area contributed by atoms with Gasteiger partial charge in [0.2, 0.25) is 5.91 Å². The summed E-state index contributed by atoms with van der Waals surface area (Å²) in [7, 11) is 0. The van der Waals surface area contributed by atoms with E-state index >= 15 is 0 Å². The van der Waals surface area contributed by atoms with Gasteiger partial charge in [-0.05, 0) is 29.8 Å². The average molecular weight is 298 g/mol. The van der Waals surface area contributed by atoms with Gasteiger partial charge in [0, 0.05) is 5.69 Å². The monoisotopic (exact) mass is 298 g/mol. The summed E-state index contributed by atoms with van der Waals surface area (Å²) in [4.78, 5) is 23.9. The lowest BCUT2D eigenvalue weighted by molar-refractivity contribution is -0.116. The van der Waals surface area contributed by atoms with Gasteiger partial charge >= 0.3 is 5.76 Å². The van der Waals surface area contributed by atoms with Crippen molar-refractivity contribution in [2.75, 3.05) is 5.32 Å². The predicted molar refractivity (Wildman–Crippen MR) is 81.5 cm³/mol. The van der Waals surface area contributed by atoms with Crippen LogP contribution in [0.5, 0.6) is 0 Å². The standard InChI is InChI=1S/C16H14N2O4/c19-10-11-6-7-13-14(8-11)22-16(21)18(13)9-15(20)17-12-4-2-1-3-5-12/h1-8,19H,9-10H2,(H,17,20). The third-order valence-electron chi connectivity index (χ3n) is 3.27. The Labute approximate surface area is 125 Å². The summed E-state index contributed by atoms with van der Waals surface area (Å²) in [6, 6.07) is 13.9. The fourth-order valence-corrected chi connectivity index (χ4v) is 2.22. The highest BCUT2D eigenvalue weighted by Gasteiger charge is 2.13. The third-order valence-corrected chi connectivity index (χ3v) is 3.27. The molecule has 0 bridgehead atoms. The molecule has 0 aliphatic heterocycles. The predicted octanol–water partition coefficient (Wildman–Crippen LogP) is 1.73. The molecule has 2 N–H and O–H groups in total. The molecular weight excluding hydrogens is 284 g/mol. The molecule has 0 atom stereocenters. The molecule has 3 rings (SSSR count). The molecule has 1 aromatic heterocycles. The molecule has 0 aliphatic carbocycles. The topological polar surface area (TPSA) is 84.5 Å². The van der Waals surface area contributed by atoms with Crippen LogP contribution in [-0.4, -0.2) is 15.6 Å². The number of carbonyl (C=O) groups is 1. The number of aromatic nitrogens is 1. The highest BCUT2D eigenvalue weighted by atomic mass is 16.4. The van der Waals surface area contributed by atoms with Crippen LogP contribution in [-0.2, 0) is 17.9 Å². The Hall–Kier alpha value is -2.86. The first-order valence-electron chi connectivity index (χ1n) is 6.75. The smallest absolute Gasteiger partial charge is 0.408 e. The second-order valence-electron chi connectivity index (χ2n) is 4.83. The summed E-state index contributed by atoms with van der Waals surface area (Å²) in [6.45, 7) is -0.279. The largest absolute Gasteiger partial charge is 0.420 e. The van der Waals surface area contributed by atoms with Crippen molar-refractivity contribution < 1.29 is 14.3 Å². The van der Waals surface area contributed by atoms with Crippen molar-refractivity contribution in [1.82, 2.24) is 4.57 Å². The summed E-state index contributed by atoms with van der Waals surface area (Å²) in [6.07, 6.45) is 0. The van der Waals surface area contributed by atoms with Gasteiger partial charge in [0.05, 0.1) is 12.1 Å². The highest BCUT2D eigenvalue weighted by molar-refractivity contribution is 5.91. The Balaban J connectivity index is 1.86. The van der Waals surface area contributed by atoms with Gasteiger partial charge < -0.3 is 14.8 Å². The van der Waals surface area contributed by atoms with E-state index in [0.29, 0.717) is 22.4 Å². The normalized spacial score (nSPS) is 10.8. The molecule has 0 saturated heterocycles. The zero-order valence-electron chi connectivity index (χ0n) is 11.7. The van der Waals surface area contributed by atoms with Crippen molar-refractivity contribution in [2.24, 2.45) is 0 Å². The van der Waals surface area contributed by atoms with Gasteiger partial charge in [-0.15, -0.1) is 0 Å². The lowest BCUT2D eigenvalue weighted by Gasteiger charge is -2.05. The van der Waals surface area contributed by atoms with E-state index in [2.05, 4.69) is 5.32 Å². The Morgan fingerprint density at radius 1 is 1.18 bits per heavy atom.